The van der Waals surface area contributed by atoms with E-state index in [0.29, 0.717) is 5.92 Å². The van der Waals surface area contributed by atoms with Gasteiger partial charge in [0.25, 0.3) is 0 Å². The normalized spacial score (nSPS) is 25.3. The van der Waals surface area contributed by atoms with Crippen molar-refractivity contribution in [2.45, 2.75) is 66.2 Å². The van der Waals surface area contributed by atoms with Gasteiger partial charge in [0.15, 0.2) is 0 Å². The number of rotatable bonds is 5. The fourth-order valence-corrected chi connectivity index (χ4v) is 3.67. The molecule has 2 unspecified atom stereocenters. The molecule has 1 N–H and O–H groups in total. The van der Waals surface area contributed by atoms with Crippen LogP contribution in [-0.2, 0) is 0 Å². The van der Waals surface area contributed by atoms with E-state index in [0.717, 1.165) is 24.1 Å². The van der Waals surface area contributed by atoms with Crippen molar-refractivity contribution in [3.63, 3.8) is 0 Å². The minimum atomic E-state index is 0.284. The fraction of sp³-hybridized carbons (Fsp3) is 0.619. The van der Waals surface area contributed by atoms with Gasteiger partial charge in [-0.25, -0.2) is 0 Å². The Morgan fingerprint density at radius 2 is 1.57 bits per heavy atom. The molecular weight excluding hydrogens is 280 g/mol. The number of hydrogen-bond donors (Lipinski definition) is 1. The van der Waals surface area contributed by atoms with Crippen LogP contribution in [0.15, 0.2) is 40.4 Å². The summed E-state index contributed by atoms with van der Waals surface area (Å²) in [5.41, 5.74) is 4.34. The molecule has 0 heterocycles. The van der Waals surface area contributed by atoms with Crippen molar-refractivity contribution in [1.82, 2.24) is 0 Å². The van der Waals surface area contributed by atoms with E-state index in [2.05, 4.69) is 37.1 Å². The largest absolute Gasteiger partial charge is 0.304 e. The number of allylic oxidation sites excluding steroid dienone is 6. The quantitative estimate of drug-likeness (QED) is 0.466. The molecule has 0 spiro atoms. The van der Waals surface area contributed by atoms with Gasteiger partial charge in [-0.05, 0) is 51.7 Å². The van der Waals surface area contributed by atoms with Crippen LogP contribution in [0.5, 0.6) is 0 Å². The van der Waals surface area contributed by atoms with E-state index in [1.807, 2.05) is 27.0 Å². The Balaban J connectivity index is 3.21. The van der Waals surface area contributed by atoms with Gasteiger partial charge in [0, 0.05) is 30.3 Å². The Morgan fingerprint density at radius 1 is 0.957 bits per heavy atom. The van der Waals surface area contributed by atoms with Crippen LogP contribution in [0.1, 0.15) is 66.2 Å². The molecule has 1 fully saturated rings. The van der Waals surface area contributed by atoms with Crippen molar-refractivity contribution < 1.29 is 0 Å². The maximum Gasteiger partial charge on any atom is 0.0420 e. The second kappa shape index (κ2) is 10.4. The monoisotopic (exact) mass is 314 g/mol. The van der Waals surface area contributed by atoms with Crippen LogP contribution in [0.2, 0.25) is 0 Å². The molecule has 128 valence electrons. The summed E-state index contributed by atoms with van der Waals surface area (Å²) in [6.45, 7) is 8.30. The molecule has 0 aromatic rings. The average molecular weight is 315 g/mol. The Hall–Kier alpha value is -1.44. The first-order valence-corrected chi connectivity index (χ1v) is 9.08. The van der Waals surface area contributed by atoms with Crippen LogP contribution in [0, 0.1) is 17.2 Å². The smallest absolute Gasteiger partial charge is 0.0420 e. The van der Waals surface area contributed by atoms with Crippen molar-refractivity contribution in [3.05, 3.63) is 35.5 Å². The van der Waals surface area contributed by atoms with Crippen molar-refractivity contribution in [1.29, 1.82) is 5.41 Å². The van der Waals surface area contributed by atoms with Gasteiger partial charge >= 0.3 is 0 Å². The first kappa shape index (κ1) is 19.6. The third kappa shape index (κ3) is 5.30. The summed E-state index contributed by atoms with van der Waals surface area (Å²) in [4.78, 5) is 4.63. The number of hydrogen-bond acceptors (Lipinski definition) is 2. The van der Waals surface area contributed by atoms with Crippen LogP contribution in [-0.4, -0.2) is 18.5 Å². The molecule has 2 nitrogen and oxygen atoms in total. The summed E-state index contributed by atoms with van der Waals surface area (Å²) < 4.78 is 0. The molecule has 0 aromatic carbocycles. The molecule has 2 atom stereocenters. The van der Waals surface area contributed by atoms with E-state index in [9.17, 15) is 0 Å². The van der Waals surface area contributed by atoms with E-state index in [1.54, 1.807) is 0 Å². The van der Waals surface area contributed by atoms with Crippen molar-refractivity contribution in [2.24, 2.45) is 16.8 Å². The molecule has 23 heavy (non-hydrogen) atoms. The average Bonchev–Trinajstić information content (AvgIpc) is 2.54. The van der Waals surface area contributed by atoms with Crippen molar-refractivity contribution in [2.75, 3.05) is 7.05 Å². The first-order chi connectivity index (χ1) is 11.1. The lowest BCUT2D eigenvalue weighted by Crippen LogP contribution is -2.32. The van der Waals surface area contributed by atoms with Gasteiger partial charge in [0.05, 0.1) is 0 Å². The predicted molar refractivity (Wildman–Crippen MR) is 104 cm³/mol. The standard InChI is InChI=1S/C21H34N2/c1-6-13-17(8-3)20(22)18-14-11-9-10-12-15-19(18)21(23-5)16(4)7-2/h6-8,13,18-19,22H,9-12,14-15H2,1-5H3/b13-6-,16-7+,17-8+,22-20?,23-21?. The lowest BCUT2D eigenvalue weighted by molar-refractivity contribution is 0.395. The number of aliphatic imine (C=N–C) groups is 1. The molecule has 1 saturated carbocycles. The minimum Gasteiger partial charge on any atom is -0.304 e. The molecule has 0 aromatic heterocycles. The molecule has 0 aliphatic heterocycles. The summed E-state index contributed by atoms with van der Waals surface area (Å²) in [6, 6.07) is 0. The zero-order valence-electron chi connectivity index (χ0n) is 15.7. The molecule has 1 aliphatic carbocycles. The van der Waals surface area contributed by atoms with E-state index in [1.165, 1.54) is 37.0 Å². The van der Waals surface area contributed by atoms with Gasteiger partial charge in [-0.2, -0.15) is 0 Å². The predicted octanol–water partition coefficient (Wildman–Crippen LogP) is 6.15. The molecule has 0 saturated heterocycles. The summed E-state index contributed by atoms with van der Waals surface area (Å²) >= 11 is 0. The van der Waals surface area contributed by atoms with Gasteiger partial charge in [-0.3, -0.25) is 4.99 Å². The zero-order chi connectivity index (χ0) is 17.2. The summed E-state index contributed by atoms with van der Waals surface area (Å²) in [7, 11) is 1.91. The Kier molecular flexibility index (Phi) is 8.83. The third-order valence-electron chi connectivity index (χ3n) is 5.03. The van der Waals surface area contributed by atoms with E-state index < -0.39 is 0 Å². The van der Waals surface area contributed by atoms with Gasteiger partial charge in [0.2, 0.25) is 0 Å². The fourth-order valence-electron chi connectivity index (χ4n) is 3.67. The highest BCUT2D eigenvalue weighted by atomic mass is 14.7. The summed E-state index contributed by atoms with van der Waals surface area (Å²) in [6.07, 6.45) is 15.7. The van der Waals surface area contributed by atoms with E-state index in [-0.39, 0.29) is 5.92 Å². The molecule has 0 amide bonds. The second-order valence-electron chi connectivity index (χ2n) is 6.44. The maximum atomic E-state index is 8.82. The Morgan fingerprint density at radius 3 is 2.04 bits per heavy atom. The Labute approximate surface area is 143 Å². The molecule has 0 bridgehead atoms. The second-order valence-corrected chi connectivity index (χ2v) is 6.44. The molecule has 0 radical (unpaired) electrons. The van der Waals surface area contributed by atoms with Crippen LogP contribution in [0.3, 0.4) is 0 Å². The highest BCUT2D eigenvalue weighted by molar-refractivity contribution is 6.08. The summed E-state index contributed by atoms with van der Waals surface area (Å²) in [5.74, 6) is 0.663. The number of nitrogens with zero attached hydrogens (tertiary/aromatic N) is 1. The van der Waals surface area contributed by atoms with Crippen LogP contribution < -0.4 is 0 Å². The van der Waals surface area contributed by atoms with E-state index >= 15 is 0 Å². The number of nitrogens with one attached hydrogen (secondary N) is 1. The summed E-state index contributed by atoms with van der Waals surface area (Å²) in [5, 5.41) is 8.82. The van der Waals surface area contributed by atoms with E-state index in [4.69, 9.17) is 5.41 Å². The van der Waals surface area contributed by atoms with Crippen LogP contribution >= 0.6 is 0 Å². The zero-order valence-corrected chi connectivity index (χ0v) is 15.7. The lowest BCUT2D eigenvalue weighted by Gasteiger charge is -2.32. The highest BCUT2D eigenvalue weighted by Crippen LogP contribution is 2.33. The van der Waals surface area contributed by atoms with Crippen molar-refractivity contribution in [3.8, 4) is 0 Å². The first-order valence-electron chi connectivity index (χ1n) is 9.08. The highest BCUT2D eigenvalue weighted by Gasteiger charge is 2.31. The molecule has 1 aliphatic rings. The third-order valence-corrected chi connectivity index (χ3v) is 5.03. The van der Waals surface area contributed by atoms with Crippen LogP contribution in [0.25, 0.3) is 0 Å². The maximum absolute atomic E-state index is 8.82. The minimum absolute atomic E-state index is 0.284. The Bertz CT molecular complexity index is 506. The van der Waals surface area contributed by atoms with Crippen LogP contribution in [0.4, 0.5) is 0 Å². The molecule has 2 heteroatoms. The van der Waals surface area contributed by atoms with Gasteiger partial charge < -0.3 is 5.41 Å². The SMILES string of the molecule is C/C=C\C(=C/C)C(=N)C1CCCCCCC1C(=NC)/C(C)=C/C. The topological polar surface area (TPSA) is 36.2 Å². The van der Waals surface area contributed by atoms with Gasteiger partial charge in [0.1, 0.15) is 0 Å². The molecule has 1 rings (SSSR count). The van der Waals surface area contributed by atoms with Gasteiger partial charge in [-0.15, -0.1) is 0 Å². The van der Waals surface area contributed by atoms with Gasteiger partial charge in [-0.1, -0.05) is 50.0 Å². The molecular formula is C21H34N2. The van der Waals surface area contributed by atoms with Crippen molar-refractivity contribution >= 4 is 11.4 Å². The lowest BCUT2D eigenvalue weighted by atomic mass is 9.73.